The summed E-state index contributed by atoms with van der Waals surface area (Å²) in [5.41, 5.74) is 10.6. The number of benzene rings is 2. The molecule has 32 heavy (non-hydrogen) atoms. The lowest BCUT2D eigenvalue weighted by Gasteiger charge is -2.11. The van der Waals surface area contributed by atoms with Crippen LogP contribution in [0.3, 0.4) is 0 Å². The van der Waals surface area contributed by atoms with Gasteiger partial charge < -0.3 is 10.8 Å². The number of hydrogen-bond donors (Lipinski definition) is 2. The topological polar surface area (TPSA) is 107 Å². The number of nitrogens with zero attached hydrogens (tertiary/aromatic N) is 4. The first-order chi connectivity index (χ1) is 15.5. The van der Waals surface area contributed by atoms with E-state index in [2.05, 4.69) is 4.98 Å². The molecule has 7 nitrogen and oxygen atoms in total. The second-order valence-corrected chi connectivity index (χ2v) is 7.54. The summed E-state index contributed by atoms with van der Waals surface area (Å²) >= 11 is 6.03. The van der Waals surface area contributed by atoms with Crippen LogP contribution in [0.15, 0.2) is 79.0 Å². The Bertz CT molecular complexity index is 1460. The monoisotopic (exact) mass is 441 g/mol. The van der Waals surface area contributed by atoms with Crippen molar-refractivity contribution in [1.82, 2.24) is 19.5 Å². The van der Waals surface area contributed by atoms with E-state index in [1.54, 1.807) is 36.5 Å². The van der Waals surface area contributed by atoms with Crippen LogP contribution < -0.4 is 5.73 Å². The maximum absolute atomic E-state index is 11.3. The van der Waals surface area contributed by atoms with E-state index in [0.29, 0.717) is 39.1 Å². The first kappa shape index (κ1) is 19.7. The minimum atomic E-state index is -0.994. The first-order valence-corrected chi connectivity index (χ1v) is 10.1. The fourth-order valence-corrected chi connectivity index (χ4v) is 3.65. The molecule has 0 aliphatic carbocycles. The molecule has 5 aromatic rings. The quantitative estimate of drug-likeness (QED) is 0.402. The average molecular weight is 442 g/mol. The second-order valence-electron chi connectivity index (χ2n) is 7.11. The molecule has 156 valence electrons. The molecule has 5 rings (SSSR count). The molecule has 0 radical (unpaired) electrons. The van der Waals surface area contributed by atoms with Crippen molar-refractivity contribution in [3.8, 4) is 28.3 Å². The molecular formula is C24H16ClN5O2. The fourth-order valence-electron chi connectivity index (χ4n) is 3.52. The third-order valence-corrected chi connectivity index (χ3v) is 5.35. The molecule has 0 saturated heterocycles. The largest absolute Gasteiger partial charge is 0.478 e. The van der Waals surface area contributed by atoms with Crippen molar-refractivity contribution in [3.63, 3.8) is 0 Å². The van der Waals surface area contributed by atoms with Gasteiger partial charge >= 0.3 is 5.97 Å². The molecule has 0 saturated carbocycles. The van der Waals surface area contributed by atoms with Crippen LogP contribution in [0, 0.1) is 0 Å². The van der Waals surface area contributed by atoms with E-state index < -0.39 is 5.97 Å². The van der Waals surface area contributed by atoms with Crippen molar-refractivity contribution in [3.05, 3.63) is 89.6 Å². The van der Waals surface area contributed by atoms with Crippen LogP contribution in [0.2, 0.25) is 5.02 Å². The minimum absolute atomic E-state index is 0.190. The number of imidazole rings is 1. The van der Waals surface area contributed by atoms with E-state index in [1.165, 1.54) is 0 Å². The smallest absolute Gasteiger partial charge is 0.335 e. The van der Waals surface area contributed by atoms with Crippen LogP contribution in [0.25, 0.3) is 39.5 Å². The van der Waals surface area contributed by atoms with Crippen LogP contribution in [0.4, 0.5) is 5.82 Å². The number of aromatic carboxylic acids is 1. The molecule has 0 amide bonds. The SMILES string of the molecule is Nc1ncccc1-c1nc2ccc(-c3ccc(Cl)cc3)nc2n1-c1ccc(C(=O)O)cc1. The Labute approximate surface area is 187 Å². The third kappa shape index (κ3) is 3.44. The Kier molecular flexibility index (Phi) is 4.80. The summed E-state index contributed by atoms with van der Waals surface area (Å²) in [7, 11) is 0. The van der Waals surface area contributed by atoms with Crippen LogP contribution in [0.1, 0.15) is 10.4 Å². The van der Waals surface area contributed by atoms with Gasteiger partial charge in [-0.1, -0.05) is 23.7 Å². The molecule has 0 atom stereocenters. The normalized spacial score (nSPS) is 11.0. The van der Waals surface area contributed by atoms with Crippen LogP contribution in [-0.2, 0) is 0 Å². The Balaban J connectivity index is 1.77. The Morgan fingerprint density at radius 3 is 2.38 bits per heavy atom. The van der Waals surface area contributed by atoms with E-state index in [1.807, 2.05) is 47.0 Å². The number of nitrogens with two attached hydrogens (primary N) is 1. The van der Waals surface area contributed by atoms with Gasteiger partial charge in [0, 0.05) is 22.5 Å². The highest BCUT2D eigenvalue weighted by Gasteiger charge is 2.19. The summed E-state index contributed by atoms with van der Waals surface area (Å²) in [5, 5.41) is 9.91. The number of fused-ring (bicyclic) bond motifs is 1. The molecular weight excluding hydrogens is 426 g/mol. The lowest BCUT2D eigenvalue weighted by atomic mass is 10.1. The van der Waals surface area contributed by atoms with E-state index in [4.69, 9.17) is 27.3 Å². The Hall–Kier alpha value is -4.23. The zero-order valence-corrected chi connectivity index (χ0v) is 17.4. The highest BCUT2D eigenvalue weighted by molar-refractivity contribution is 6.30. The molecule has 3 heterocycles. The van der Waals surface area contributed by atoms with E-state index in [0.717, 1.165) is 11.3 Å². The molecule has 0 unspecified atom stereocenters. The van der Waals surface area contributed by atoms with Gasteiger partial charge in [0.15, 0.2) is 11.5 Å². The van der Waals surface area contributed by atoms with Crippen LogP contribution in [0.5, 0.6) is 0 Å². The number of hydrogen-bond acceptors (Lipinski definition) is 5. The van der Waals surface area contributed by atoms with Crippen molar-refractivity contribution in [1.29, 1.82) is 0 Å². The molecule has 3 N–H and O–H groups in total. The molecule has 0 bridgehead atoms. The Morgan fingerprint density at radius 2 is 1.69 bits per heavy atom. The molecule has 0 spiro atoms. The number of nitrogen functional groups attached to an aromatic ring is 1. The van der Waals surface area contributed by atoms with Gasteiger partial charge in [-0.25, -0.2) is 19.7 Å². The zero-order chi connectivity index (χ0) is 22.2. The maximum atomic E-state index is 11.3. The lowest BCUT2D eigenvalue weighted by molar-refractivity contribution is 0.0697. The van der Waals surface area contributed by atoms with Crippen LogP contribution in [-0.4, -0.2) is 30.6 Å². The Morgan fingerprint density at radius 1 is 0.938 bits per heavy atom. The van der Waals surface area contributed by atoms with Gasteiger partial charge in [0.25, 0.3) is 0 Å². The summed E-state index contributed by atoms with van der Waals surface area (Å²) in [6.45, 7) is 0. The predicted octanol–water partition coefficient (Wildman–Crippen LogP) is 5.08. The first-order valence-electron chi connectivity index (χ1n) is 9.71. The van der Waals surface area contributed by atoms with Gasteiger partial charge in [-0.3, -0.25) is 4.57 Å². The summed E-state index contributed by atoms with van der Waals surface area (Å²) in [5.74, 6) is -0.0921. The number of carboxylic acid groups (broad SMARTS) is 1. The number of carboxylic acids is 1. The lowest BCUT2D eigenvalue weighted by Crippen LogP contribution is -2.03. The van der Waals surface area contributed by atoms with Crippen molar-refractivity contribution < 1.29 is 9.90 Å². The second kappa shape index (κ2) is 7.79. The summed E-state index contributed by atoms with van der Waals surface area (Å²) in [6, 6.07) is 21.4. The van der Waals surface area contributed by atoms with Gasteiger partial charge in [-0.2, -0.15) is 0 Å². The number of aromatic nitrogens is 4. The summed E-state index contributed by atoms with van der Waals surface area (Å²) in [4.78, 5) is 25.1. The van der Waals surface area contributed by atoms with E-state index in [9.17, 15) is 9.90 Å². The van der Waals surface area contributed by atoms with Gasteiger partial charge in [0.05, 0.1) is 16.8 Å². The van der Waals surface area contributed by atoms with Crippen molar-refractivity contribution in [2.45, 2.75) is 0 Å². The predicted molar refractivity (Wildman–Crippen MR) is 124 cm³/mol. The molecule has 0 fully saturated rings. The van der Waals surface area contributed by atoms with Gasteiger partial charge in [-0.15, -0.1) is 0 Å². The standard InChI is InChI=1S/C24H16ClN5O2/c25-16-7-3-14(4-8-16)19-11-12-20-23(28-19)30(17-9-5-15(6-10-17)24(31)32)22(29-20)18-2-1-13-27-21(18)26/h1-13H,(H2,26,27)(H,31,32). The summed E-state index contributed by atoms with van der Waals surface area (Å²) in [6.07, 6.45) is 1.62. The van der Waals surface area contributed by atoms with Crippen LogP contribution >= 0.6 is 11.6 Å². The molecule has 2 aromatic carbocycles. The molecule has 0 aliphatic rings. The van der Waals surface area contributed by atoms with Gasteiger partial charge in [0.1, 0.15) is 11.3 Å². The van der Waals surface area contributed by atoms with Gasteiger partial charge in [-0.05, 0) is 60.7 Å². The van der Waals surface area contributed by atoms with Crippen molar-refractivity contribution in [2.75, 3.05) is 5.73 Å². The fraction of sp³-hybridized carbons (Fsp3) is 0. The molecule has 3 aromatic heterocycles. The molecule has 0 aliphatic heterocycles. The highest BCUT2D eigenvalue weighted by Crippen LogP contribution is 2.32. The highest BCUT2D eigenvalue weighted by atomic mass is 35.5. The molecule has 8 heteroatoms. The average Bonchev–Trinajstić information content (AvgIpc) is 3.18. The van der Waals surface area contributed by atoms with E-state index >= 15 is 0 Å². The zero-order valence-electron chi connectivity index (χ0n) is 16.6. The van der Waals surface area contributed by atoms with Gasteiger partial charge in [0.2, 0.25) is 0 Å². The van der Waals surface area contributed by atoms with Crippen molar-refractivity contribution >= 4 is 34.6 Å². The van der Waals surface area contributed by atoms with E-state index in [-0.39, 0.29) is 5.56 Å². The minimum Gasteiger partial charge on any atom is -0.478 e. The maximum Gasteiger partial charge on any atom is 0.335 e. The third-order valence-electron chi connectivity index (χ3n) is 5.10. The number of rotatable bonds is 4. The number of carbonyl (C=O) groups is 1. The number of anilines is 1. The summed E-state index contributed by atoms with van der Waals surface area (Å²) < 4.78 is 1.85. The number of pyridine rings is 2. The van der Waals surface area contributed by atoms with Crippen molar-refractivity contribution in [2.24, 2.45) is 0 Å². The number of halogens is 1.